The molecule has 2 aliphatic rings. The molecule has 0 atom stereocenters. The van der Waals surface area contributed by atoms with Gasteiger partial charge >= 0.3 is 6.03 Å². The number of nitrogens with one attached hydrogen (secondary N) is 1. The highest BCUT2D eigenvalue weighted by Gasteiger charge is 2.24. The van der Waals surface area contributed by atoms with Gasteiger partial charge in [0.2, 0.25) is 0 Å². The Morgan fingerprint density at radius 1 is 1.08 bits per heavy atom. The van der Waals surface area contributed by atoms with Crippen LogP contribution in [0.3, 0.4) is 0 Å². The van der Waals surface area contributed by atoms with Crippen molar-refractivity contribution in [3.05, 3.63) is 42.1 Å². The van der Waals surface area contributed by atoms with Gasteiger partial charge in [0.05, 0.1) is 5.52 Å². The van der Waals surface area contributed by atoms with Crippen molar-refractivity contribution in [1.82, 2.24) is 25.0 Å². The molecular weight excluding hydrogens is 330 g/mol. The number of piperazine rings is 1. The standard InChI is InChI=1S/C19H23N5O2/c25-18(16-3-4-17-15(14-16)2-1-5-20-17)23-11-8-22(9-12-23)10-13-24-7-6-21-19(24)26/h1-5,14H,6-13H2,(H,21,26). The lowest BCUT2D eigenvalue weighted by Crippen LogP contribution is -2.50. The van der Waals surface area contributed by atoms with Crippen molar-refractivity contribution in [2.45, 2.75) is 0 Å². The molecule has 3 amide bonds. The van der Waals surface area contributed by atoms with Crippen molar-refractivity contribution >= 4 is 22.8 Å². The maximum atomic E-state index is 12.8. The van der Waals surface area contributed by atoms with E-state index in [1.54, 1.807) is 6.20 Å². The Labute approximate surface area is 152 Å². The summed E-state index contributed by atoms with van der Waals surface area (Å²) in [7, 11) is 0. The summed E-state index contributed by atoms with van der Waals surface area (Å²) >= 11 is 0. The zero-order chi connectivity index (χ0) is 17.9. The first-order chi connectivity index (χ1) is 12.7. The van der Waals surface area contributed by atoms with Crippen LogP contribution in [0.25, 0.3) is 10.9 Å². The van der Waals surface area contributed by atoms with E-state index in [1.165, 1.54) is 0 Å². The Morgan fingerprint density at radius 2 is 1.92 bits per heavy atom. The molecule has 4 rings (SSSR count). The highest BCUT2D eigenvalue weighted by molar-refractivity contribution is 5.98. The average Bonchev–Trinajstić information content (AvgIpc) is 3.10. The van der Waals surface area contributed by atoms with Crippen molar-refractivity contribution < 1.29 is 9.59 Å². The number of benzene rings is 1. The van der Waals surface area contributed by atoms with Gasteiger partial charge in [-0.15, -0.1) is 0 Å². The summed E-state index contributed by atoms with van der Waals surface area (Å²) in [5.74, 6) is 0.0781. The van der Waals surface area contributed by atoms with Crippen molar-refractivity contribution in [3.8, 4) is 0 Å². The van der Waals surface area contributed by atoms with Gasteiger partial charge in [-0.05, 0) is 24.3 Å². The predicted molar refractivity (Wildman–Crippen MR) is 99.1 cm³/mol. The molecule has 1 aromatic carbocycles. The van der Waals surface area contributed by atoms with Crippen molar-refractivity contribution in [2.75, 3.05) is 52.4 Å². The third-order valence-electron chi connectivity index (χ3n) is 5.14. The molecule has 2 fully saturated rings. The predicted octanol–water partition coefficient (Wildman–Crippen LogP) is 1.02. The molecule has 3 heterocycles. The summed E-state index contributed by atoms with van der Waals surface area (Å²) in [5.41, 5.74) is 1.62. The summed E-state index contributed by atoms with van der Waals surface area (Å²) in [6, 6.07) is 9.57. The Balaban J connectivity index is 1.32. The van der Waals surface area contributed by atoms with E-state index in [0.29, 0.717) is 5.56 Å². The molecule has 2 aliphatic heterocycles. The first-order valence-corrected chi connectivity index (χ1v) is 9.10. The van der Waals surface area contributed by atoms with E-state index < -0.39 is 0 Å². The van der Waals surface area contributed by atoms with Crippen LogP contribution in [0.4, 0.5) is 4.79 Å². The maximum Gasteiger partial charge on any atom is 0.317 e. The number of amides is 3. The summed E-state index contributed by atoms with van der Waals surface area (Å²) in [6.45, 7) is 6.25. The first-order valence-electron chi connectivity index (χ1n) is 9.10. The number of fused-ring (bicyclic) bond motifs is 1. The van der Waals surface area contributed by atoms with Gasteiger partial charge in [-0.2, -0.15) is 0 Å². The third kappa shape index (κ3) is 3.48. The van der Waals surface area contributed by atoms with Gasteiger partial charge < -0.3 is 15.1 Å². The molecule has 0 aliphatic carbocycles. The second kappa shape index (κ2) is 7.29. The van der Waals surface area contributed by atoms with Crippen LogP contribution in [-0.4, -0.2) is 84.0 Å². The zero-order valence-corrected chi connectivity index (χ0v) is 14.7. The Kier molecular flexibility index (Phi) is 4.71. The van der Waals surface area contributed by atoms with E-state index in [2.05, 4.69) is 15.2 Å². The number of urea groups is 1. The summed E-state index contributed by atoms with van der Waals surface area (Å²) in [6.07, 6.45) is 1.76. The van der Waals surface area contributed by atoms with Crippen LogP contribution < -0.4 is 5.32 Å². The Bertz CT molecular complexity index is 816. The largest absolute Gasteiger partial charge is 0.336 e. The number of rotatable bonds is 4. The van der Waals surface area contributed by atoms with Gasteiger partial charge in [-0.3, -0.25) is 14.7 Å². The number of hydrogen-bond acceptors (Lipinski definition) is 4. The molecule has 2 aromatic rings. The van der Waals surface area contributed by atoms with Crippen LogP contribution in [0.15, 0.2) is 36.5 Å². The van der Waals surface area contributed by atoms with Gasteiger partial charge in [0, 0.05) is 69.5 Å². The molecule has 0 unspecified atom stereocenters. The molecule has 1 N–H and O–H groups in total. The molecule has 0 spiro atoms. The smallest absolute Gasteiger partial charge is 0.317 e. The summed E-state index contributed by atoms with van der Waals surface area (Å²) < 4.78 is 0. The minimum Gasteiger partial charge on any atom is -0.336 e. The maximum absolute atomic E-state index is 12.8. The van der Waals surface area contributed by atoms with Crippen LogP contribution in [0.5, 0.6) is 0 Å². The second-order valence-electron chi connectivity index (χ2n) is 6.76. The molecule has 7 heteroatoms. The van der Waals surface area contributed by atoms with Gasteiger partial charge in [0.25, 0.3) is 5.91 Å². The number of carbonyl (C=O) groups is 2. The first kappa shape index (κ1) is 16.8. The number of hydrogen-bond donors (Lipinski definition) is 1. The van der Waals surface area contributed by atoms with Crippen LogP contribution >= 0.6 is 0 Å². The second-order valence-corrected chi connectivity index (χ2v) is 6.76. The average molecular weight is 353 g/mol. The van der Waals surface area contributed by atoms with Gasteiger partial charge in [0.15, 0.2) is 0 Å². The highest BCUT2D eigenvalue weighted by atomic mass is 16.2. The van der Waals surface area contributed by atoms with Crippen LogP contribution in [0, 0.1) is 0 Å². The van der Waals surface area contributed by atoms with Gasteiger partial charge in [-0.25, -0.2) is 4.79 Å². The molecule has 2 saturated heterocycles. The number of pyridine rings is 1. The minimum absolute atomic E-state index is 0.0320. The van der Waals surface area contributed by atoms with E-state index in [0.717, 1.165) is 63.3 Å². The minimum atomic E-state index is 0.0320. The number of aromatic nitrogens is 1. The SMILES string of the molecule is O=C1NCCN1CCN1CCN(C(=O)c2ccc3ncccc3c2)CC1. The highest BCUT2D eigenvalue weighted by Crippen LogP contribution is 2.16. The van der Waals surface area contributed by atoms with Crippen molar-refractivity contribution in [1.29, 1.82) is 0 Å². The summed E-state index contributed by atoms with van der Waals surface area (Å²) in [5, 5.41) is 3.81. The number of nitrogens with zero attached hydrogens (tertiary/aromatic N) is 4. The van der Waals surface area contributed by atoms with E-state index in [9.17, 15) is 9.59 Å². The number of carbonyl (C=O) groups excluding carboxylic acids is 2. The molecule has 1 aromatic heterocycles. The fourth-order valence-corrected chi connectivity index (χ4v) is 3.55. The fourth-order valence-electron chi connectivity index (χ4n) is 3.55. The molecule has 7 nitrogen and oxygen atoms in total. The fraction of sp³-hybridized carbons (Fsp3) is 0.421. The van der Waals surface area contributed by atoms with E-state index >= 15 is 0 Å². The molecule has 0 saturated carbocycles. The van der Waals surface area contributed by atoms with Crippen LogP contribution in [0.1, 0.15) is 10.4 Å². The lowest BCUT2D eigenvalue weighted by atomic mass is 10.1. The Hall–Kier alpha value is -2.67. The topological polar surface area (TPSA) is 68.8 Å². The van der Waals surface area contributed by atoms with Gasteiger partial charge in [-0.1, -0.05) is 6.07 Å². The van der Waals surface area contributed by atoms with Crippen molar-refractivity contribution in [3.63, 3.8) is 0 Å². The lowest BCUT2D eigenvalue weighted by Gasteiger charge is -2.35. The monoisotopic (exact) mass is 353 g/mol. The normalized spacial score (nSPS) is 18.4. The Morgan fingerprint density at radius 3 is 2.69 bits per heavy atom. The van der Waals surface area contributed by atoms with Crippen LogP contribution in [0.2, 0.25) is 0 Å². The van der Waals surface area contributed by atoms with E-state index in [1.807, 2.05) is 40.1 Å². The van der Waals surface area contributed by atoms with E-state index in [-0.39, 0.29) is 11.9 Å². The lowest BCUT2D eigenvalue weighted by molar-refractivity contribution is 0.0631. The quantitative estimate of drug-likeness (QED) is 0.891. The summed E-state index contributed by atoms with van der Waals surface area (Å²) in [4.78, 5) is 34.7. The zero-order valence-electron chi connectivity index (χ0n) is 14.7. The molecule has 136 valence electrons. The van der Waals surface area contributed by atoms with Crippen LogP contribution in [-0.2, 0) is 0 Å². The molecule has 0 bridgehead atoms. The molecule has 26 heavy (non-hydrogen) atoms. The molecule has 0 radical (unpaired) electrons. The molecular formula is C19H23N5O2. The van der Waals surface area contributed by atoms with Crippen molar-refractivity contribution in [2.24, 2.45) is 0 Å². The van der Waals surface area contributed by atoms with Gasteiger partial charge in [0.1, 0.15) is 0 Å². The van der Waals surface area contributed by atoms with E-state index in [4.69, 9.17) is 0 Å². The third-order valence-corrected chi connectivity index (χ3v) is 5.14.